The molecule has 0 spiro atoms. The molecule has 0 N–H and O–H groups in total. The Balaban J connectivity index is 1.91. The molecule has 3 aromatic rings. The van der Waals surface area contributed by atoms with E-state index in [1.54, 1.807) is 0 Å². The van der Waals surface area contributed by atoms with E-state index in [0.717, 1.165) is 11.5 Å². The fraction of sp³-hybridized carbons (Fsp3) is 0.217. The third kappa shape index (κ3) is 3.34. The number of fused-ring (bicyclic) bond motifs is 1. The van der Waals surface area contributed by atoms with Crippen LogP contribution in [0.2, 0.25) is 0 Å². The molecule has 4 rings (SSSR count). The molecule has 0 saturated heterocycles. The summed E-state index contributed by atoms with van der Waals surface area (Å²) in [7, 11) is -0.653. The monoisotopic (exact) mass is 362 g/mol. The first kappa shape index (κ1) is 17.1. The molecule has 0 fully saturated rings. The van der Waals surface area contributed by atoms with Gasteiger partial charge in [-0.05, 0) is 69.7 Å². The van der Waals surface area contributed by atoms with E-state index in [1.807, 2.05) is 6.07 Å². The Morgan fingerprint density at radius 3 is 1.62 bits per heavy atom. The minimum Gasteiger partial charge on any atom is -0.454 e. The fourth-order valence-corrected chi connectivity index (χ4v) is 6.33. The Labute approximate surface area is 156 Å². The van der Waals surface area contributed by atoms with E-state index in [1.165, 1.54) is 38.2 Å². The Bertz CT molecular complexity index is 886. The smallest absolute Gasteiger partial charge is 0.231 e. The van der Waals surface area contributed by atoms with Crippen LogP contribution < -0.4 is 25.4 Å². The van der Waals surface area contributed by atoms with Crippen LogP contribution in [0.4, 0.5) is 0 Å². The van der Waals surface area contributed by atoms with Crippen LogP contribution in [0.25, 0.3) is 0 Å². The molecule has 132 valence electrons. The first-order valence-corrected chi connectivity index (χ1v) is 10.2. The van der Waals surface area contributed by atoms with E-state index in [0.29, 0.717) is 6.79 Å². The second-order valence-corrected chi connectivity index (χ2v) is 9.28. The average molecular weight is 362 g/mol. The van der Waals surface area contributed by atoms with Crippen LogP contribution >= 0.6 is 7.92 Å². The summed E-state index contributed by atoms with van der Waals surface area (Å²) in [6.45, 7) is 9.00. The summed E-state index contributed by atoms with van der Waals surface area (Å²) >= 11 is 0. The summed E-state index contributed by atoms with van der Waals surface area (Å²) in [6, 6.07) is 20.1. The zero-order chi connectivity index (χ0) is 18.3. The third-order valence-corrected chi connectivity index (χ3v) is 6.89. The third-order valence-electron chi connectivity index (χ3n) is 4.54. The lowest BCUT2D eigenvalue weighted by atomic mass is 10.2. The predicted octanol–water partition coefficient (Wildman–Crippen LogP) is 4.41. The van der Waals surface area contributed by atoms with Gasteiger partial charge >= 0.3 is 0 Å². The lowest BCUT2D eigenvalue weighted by Crippen LogP contribution is -2.22. The molecule has 2 nitrogen and oxygen atoms in total. The van der Waals surface area contributed by atoms with E-state index in [4.69, 9.17) is 9.47 Å². The maximum Gasteiger partial charge on any atom is 0.231 e. The molecule has 1 aliphatic heterocycles. The van der Waals surface area contributed by atoms with Crippen molar-refractivity contribution in [2.24, 2.45) is 0 Å². The van der Waals surface area contributed by atoms with Gasteiger partial charge in [-0.3, -0.25) is 0 Å². The van der Waals surface area contributed by atoms with Crippen molar-refractivity contribution in [3.05, 3.63) is 76.9 Å². The molecule has 3 heteroatoms. The molecule has 0 atom stereocenters. The van der Waals surface area contributed by atoms with Crippen LogP contribution in [0, 0.1) is 27.7 Å². The van der Waals surface area contributed by atoms with Crippen molar-refractivity contribution in [2.75, 3.05) is 6.79 Å². The SMILES string of the molecule is Cc1cc(C)cc(P(c2cc(C)cc(C)c2)c2ccc3c(c2)OCO3)c1. The van der Waals surface area contributed by atoms with Crippen LogP contribution in [0.5, 0.6) is 11.5 Å². The molecule has 0 unspecified atom stereocenters. The molecule has 1 aliphatic rings. The van der Waals surface area contributed by atoms with Gasteiger partial charge in [0.25, 0.3) is 0 Å². The molecular weight excluding hydrogens is 339 g/mol. The van der Waals surface area contributed by atoms with Crippen molar-refractivity contribution in [1.29, 1.82) is 0 Å². The summed E-state index contributed by atoms with van der Waals surface area (Å²) in [4.78, 5) is 0. The van der Waals surface area contributed by atoms with Gasteiger partial charge in [-0.15, -0.1) is 0 Å². The van der Waals surface area contributed by atoms with Crippen LogP contribution in [0.1, 0.15) is 22.3 Å². The zero-order valence-electron chi connectivity index (χ0n) is 15.7. The molecule has 0 bridgehead atoms. The van der Waals surface area contributed by atoms with Gasteiger partial charge in [0.1, 0.15) is 0 Å². The Hall–Kier alpha value is -2.31. The lowest BCUT2D eigenvalue weighted by molar-refractivity contribution is 0.174. The summed E-state index contributed by atoms with van der Waals surface area (Å²) in [5.41, 5.74) is 5.21. The quantitative estimate of drug-likeness (QED) is 0.643. The van der Waals surface area contributed by atoms with Gasteiger partial charge in [-0.25, -0.2) is 0 Å². The zero-order valence-corrected chi connectivity index (χ0v) is 16.6. The first-order chi connectivity index (χ1) is 12.5. The van der Waals surface area contributed by atoms with Gasteiger partial charge in [0.15, 0.2) is 11.5 Å². The largest absolute Gasteiger partial charge is 0.454 e. The summed E-state index contributed by atoms with van der Waals surface area (Å²) in [6.07, 6.45) is 0. The second-order valence-electron chi connectivity index (χ2n) is 7.06. The van der Waals surface area contributed by atoms with Crippen molar-refractivity contribution in [1.82, 2.24) is 0 Å². The molecule has 0 aliphatic carbocycles. The Kier molecular flexibility index (Phi) is 4.46. The standard InChI is InChI=1S/C23H23O2P/c1-15-7-16(2)10-20(9-15)26(21-11-17(3)8-18(4)12-21)19-5-6-22-23(13-19)25-14-24-22/h5-13H,14H2,1-4H3. The molecule has 0 aromatic heterocycles. The normalized spacial score (nSPS) is 12.7. The summed E-state index contributed by atoms with van der Waals surface area (Å²) < 4.78 is 11.2. The van der Waals surface area contributed by atoms with E-state index >= 15 is 0 Å². The van der Waals surface area contributed by atoms with E-state index in [9.17, 15) is 0 Å². The van der Waals surface area contributed by atoms with Gasteiger partial charge in [0.05, 0.1) is 0 Å². The second kappa shape index (κ2) is 6.78. The molecule has 0 saturated carbocycles. The number of benzene rings is 3. The number of rotatable bonds is 3. The predicted molar refractivity (Wildman–Crippen MR) is 110 cm³/mol. The van der Waals surface area contributed by atoms with Crippen LogP contribution in [0.3, 0.4) is 0 Å². The number of ether oxygens (including phenoxy) is 2. The minimum atomic E-state index is -0.653. The van der Waals surface area contributed by atoms with Crippen molar-refractivity contribution in [2.45, 2.75) is 27.7 Å². The minimum absolute atomic E-state index is 0.309. The van der Waals surface area contributed by atoms with Gasteiger partial charge in [-0.2, -0.15) is 0 Å². The number of hydrogen-bond donors (Lipinski definition) is 0. The fourth-order valence-electron chi connectivity index (χ4n) is 3.63. The summed E-state index contributed by atoms with van der Waals surface area (Å²) in [5, 5.41) is 4.04. The van der Waals surface area contributed by atoms with E-state index < -0.39 is 7.92 Å². The number of hydrogen-bond acceptors (Lipinski definition) is 2. The maximum absolute atomic E-state index is 5.64. The molecule has 0 radical (unpaired) electrons. The van der Waals surface area contributed by atoms with Crippen LogP contribution in [-0.4, -0.2) is 6.79 Å². The highest BCUT2D eigenvalue weighted by Gasteiger charge is 2.21. The Morgan fingerprint density at radius 1 is 0.577 bits per heavy atom. The maximum atomic E-state index is 5.64. The molecule has 0 amide bonds. The summed E-state index contributed by atoms with van der Waals surface area (Å²) in [5.74, 6) is 1.69. The highest BCUT2D eigenvalue weighted by Crippen LogP contribution is 2.39. The topological polar surface area (TPSA) is 18.5 Å². The van der Waals surface area contributed by atoms with Crippen molar-refractivity contribution in [3.8, 4) is 11.5 Å². The van der Waals surface area contributed by atoms with Crippen LogP contribution in [-0.2, 0) is 0 Å². The highest BCUT2D eigenvalue weighted by atomic mass is 31.1. The van der Waals surface area contributed by atoms with Crippen LogP contribution in [0.15, 0.2) is 54.6 Å². The molecule has 26 heavy (non-hydrogen) atoms. The average Bonchev–Trinajstić information content (AvgIpc) is 3.01. The molecule has 3 aromatic carbocycles. The van der Waals surface area contributed by atoms with E-state index in [2.05, 4.69) is 76.2 Å². The first-order valence-electron chi connectivity index (χ1n) is 8.86. The lowest BCUT2D eigenvalue weighted by Gasteiger charge is -2.21. The van der Waals surface area contributed by atoms with Crippen molar-refractivity contribution < 1.29 is 9.47 Å². The van der Waals surface area contributed by atoms with Crippen molar-refractivity contribution >= 4 is 23.8 Å². The van der Waals surface area contributed by atoms with Gasteiger partial charge in [-0.1, -0.05) is 58.7 Å². The molecular formula is C23H23O2P. The molecule has 1 heterocycles. The van der Waals surface area contributed by atoms with E-state index in [-0.39, 0.29) is 0 Å². The van der Waals surface area contributed by atoms with Gasteiger partial charge < -0.3 is 9.47 Å². The number of aryl methyl sites for hydroxylation is 4. The Morgan fingerprint density at radius 2 is 1.08 bits per heavy atom. The van der Waals surface area contributed by atoms with Crippen molar-refractivity contribution in [3.63, 3.8) is 0 Å². The highest BCUT2D eigenvalue weighted by molar-refractivity contribution is 7.79. The van der Waals surface area contributed by atoms with Gasteiger partial charge in [0.2, 0.25) is 6.79 Å². The van der Waals surface area contributed by atoms with Gasteiger partial charge in [0, 0.05) is 0 Å².